The molecule has 2 aliphatic heterocycles. The number of phenolic OH excluding ortho intramolecular Hbond substituents is 1. The summed E-state index contributed by atoms with van der Waals surface area (Å²) in [5.41, 5.74) is 0.391. The average Bonchev–Trinajstić information content (AvgIpc) is 3.01. The number of aliphatic hydroxyl groups is 1. The molecule has 1 saturated heterocycles. The van der Waals surface area contributed by atoms with E-state index >= 15 is 0 Å². The molecule has 2 aromatic carbocycles. The maximum atomic E-state index is 13.9. The highest BCUT2D eigenvalue weighted by Crippen LogP contribution is 2.33. The van der Waals surface area contributed by atoms with Crippen LogP contribution in [0, 0.1) is 11.6 Å². The summed E-state index contributed by atoms with van der Waals surface area (Å²) in [4.78, 5) is 2.24. The number of aromatic hydroxyl groups is 1. The highest BCUT2D eigenvalue weighted by molar-refractivity contribution is 5.85. The van der Waals surface area contributed by atoms with Crippen molar-refractivity contribution >= 4 is 12.4 Å². The first-order valence-corrected chi connectivity index (χ1v) is 9.27. The molecule has 4 rings (SSSR count). The fraction of sp³-hybridized carbons (Fsp3) is 0.429. The summed E-state index contributed by atoms with van der Waals surface area (Å²) in [7, 11) is 0. The number of hydrogen-bond donors (Lipinski definition) is 2. The second-order valence-corrected chi connectivity index (χ2v) is 7.67. The number of piperidine rings is 1. The number of rotatable bonds is 4. The molecule has 2 aliphatic rings. The first kappa shape index (κ1) is 20.8. The van der Waals surface area contributed by atoms with Gasteiger partial charge in [-0.15, -0.1) is 12.4 Å². The number of hydrogen-bond acceptors (Lipinski definition) is 4. The van der Waals surface area contributed by atoms with Gasteiger partial charge in [0.15, 0.2) is 0 Å². The molecule has 0 radical (unpaired) electrons. The third-order valence-electron chi connectivity index (χ3n) is 5.57. The van der Waals surface area contributed by atoms with Gasteiger partial charge in [0.2, 0.25) is 0 Å². The van der Waals surface area contributed by atoms with Crippen LogP contribution in [0.1, 0.15) is 24.0 Å². The van der Waals surface area contributed by atoms with E-state index in [0.717, 1.165) is 30.3 Å². The van der Waals surface area contributed by atoms with E-state index in [-0.39, 0.29) is 30.7 Å². The van der Waals surface area contributed by atoms with Gasteiger partial charge in [-0.2, -0.15) is 0 Å². The third kappa shape index (κ3) is 4.57. The molecule has 1 fully saturated rings. The molecule has 1 atom stereocenters. The summed E-state index contributed by atoms with van der Waals surface area (Å²) in [6.07, 6.45) is 2.04. The molecule has 2 heterocycles. The van der Waals surface area contributed by atoms with E-state index in [1.54, 1.807) is 18.2 Å². The van der Waals surface area contributed by atoms with Crippen LogP contribution in [0.5, 0.6) is 11.5 Å². The van der Waals surface area contributed by atoms with Gasteiger partial charge in [-0.05, 0) is 42.7 Å². The Hall–Kier alpha value is -1.89. The van der Waals surface area contributed by atoms with Crippen molar-refractivity contribution in [3.63, 3.8) is 0 Å². The predicted molar refractivity (Wildman–Crippen MR) is 104 cm³/mol. The quantitative estimate of drug-likeness (QED) is 0.809. The van der Waals surface area contributed by atoms with Crippen molar-refractivity contribution in [1.82, 2.24) is 4.90 Å². The minimum atomic E-state index is -0.972. The van der Waals surface area contributed by atoms with Gasteiger partial charge in [-0.3, -0.25) is 4.90 Å². The molecule has 0 amide bonds. The molecule has 7 heteroatoms. The van der Waals surface area contributed by atoms with Crippen LogP contribution in [0.15, 0.2) is 36.4 Å². The van der Waals surface area contributed by atoms with Gasteiger partial charge in [0.1, 0.15) is 29.2 Å². The van der Waals surface area contributed by atoms with Crippen LogP contribution >= 0.6 is 12.4 Å². The van der Waals surface area contributed by atoms with E-state index in [2.05, 4.69) is 4.90 Å². The molecular weight excluding hydrogens is 388 g/mol. The van der Waals surface area contributed by atoms with Crippen LogP contribution in [-0.4, -0.2) is 46.5 Å². The summed E-state index contributed by atoms with van der Waals surface area (Å²) in [6, 6.07) is 8.65. The second-order valence-electron chi connectivity index (χ2n) is 7.67. The lowest BCUT2D eigenvalue weighted by atomic mass is 9.85. The maximum Gasteiger partial charge on any atom is 0.129 e. The topological polar surface area (TPSA) is 52.9 Å². The molecule has 152 valence electrons. The number of nitrogens with zero attached hydrogens (tertiary/aromatic N) is 1. The molecule has 4 nitrogen and oxygen atoms in total. The zero-order valence-electron chi connectivity index (χ0n) is 15.4. The van der Waals surface area contributed by atoms with Crippen molar-refractivity contribution in [2.45, 2.75) is 37.4 Å². The standard InChI is InChI=1S/C21H23F2NO3.ClH/c22-16-2-1-14(19(23)11-16)12-21(26)5-7-24(8-6-21)13-18-10-15-9-17(25)3-4-20(15)27-18;/h1-4,9,11,18,25-26H,5-8,10,12-13H2;1H. The number of halogens is 3. The Morgan fingerprint density at radius 1 is 1.11 bits per heavy atom. The molecule has 1 unspecified atom stereocenters. The van der Waals surface area contributed by atoms with E-state index in [4.69, 9.17) is 4.74 Å². The highest BCUT2D eigenvalue weighted by Gasteiger charge is 2.35. The summed E-state index contributed by atoms with van der Waals surface area (Å²) >= 11 is 0. The Labute approximate surface area is 169 Å². The molecule has 0 bridgehead atoms. The van der Waals surface area contributed by atoms with Crippen LogP contribution in [0.3, 0.4) is 0 Å². The van der Waals surface area contributed by atoms with Crippen molar-refractivity contribution < 1.29 is 23.7 Å². The lowest BCUT2D eigenvalue weighted by Gasteiger charge is -2.39. The fourth-order valence-electron chi connectivity index (χ4n) is 4.04. The molecular formula is C21H24ClF2NO3. The Kier molecular flexibility index (Phi) is 6.12. The SMILES string of the molecule is Cl.Oc1ccc2c(c1)CC(CN1CCC(O)(Cc3ccc(F)cc3F)CC1)O2. The molecule has 0 spiro atoms. The van der Waals surface area contributed by atoms with Crippen molar-refractivity contribution in [2.75, 3.05) is 19.6 Å². The third-order valence-corrected chi connectivity index (χ3v) is 5.57. The van der Waals surface area contributed by atoms with Crippen molar-refractivity contribution in [3.8, 4) is 11.5 Å². The van der Waals surface area contributed by atoms with E-state index in [1.807, 2.05) is 0 Å². The lowest BCUT2D eigenvalue weighted by molar-refractivity contribution is -0.0270. The second kappa shape index (κ2) is 8.23. The van der Waals surface area contributed by atoms with Crippen LogP contribution < -0.4 is 4.74 Å². The minimum absolute atomic E-state index is 0. The molecule has 2 N–H and O–H groups in total. The molecule has 2 aromatic rings. The number of phenols is 1. The fourth-order valence-corrected chi connectivity index (χ4v) is 4.04. The minimum Gasteiger partial charge on any atom is -0.508 e. The molecule has 28 heavy (non-hydrogen) atoms. The van der Waals surface area contributed by atoms with E-state index in [9.17, 15) is 19.0 Å². The van der Waals surface area contributed by atoms with Gasteiger partial charge in [0, 0.05) is 44.1 Å². The largest absolute Gasteiger partial charge is 0.508 e. The zero-order chi connectivity index (χ0) is 19.0. The number of ether oxygens (including phenoxy) is 1. The average molecular weight is 412 g/mol. The van der Waals surface area contributed by atoms with Crippen LogP contribution in [0.2, 0.25) is 0 Å². The first-order chi connectivity index (χ1) is 12.9. The first-order valence-electron chi connectivity index (χ1n) is 9.27. The Morgan fingerprint density at radius 3 is 2.57 bits per heavy atom. The van der Waals surface area contributed by atoms with Crippen LogP contribution in [0.4, 0.5) is 8.78 Å². The predicted octanol–water partition coefficient (Wildman–Crippen LogP) is 3.47. The number of benzene rings is 2. The Bertz CT molecular complexity index is 840. The van der Waals surface area contributed by atoms with Crippen LogP contribution in [-0.2, 0) is 12.8 Å². The summed E-state index contributed by atoms with van der Waals surface area (Å²) in [5, 5.41) is 20.4. The van der Waals surface area contributed by atoms with Gasteiger partial charge in [0.25, 0.3) is 0 Å². The normalized spacial score (nSPS) is 20.9. The number of fused-ring (bicyclic) bond motifs is 1. The summed E-state index contributed by atoms with van der Waals surface area (Å²) in [6.45, 7) is 2.14. The number of likely N-dealkylation sites (tertiary alicyclic amines) is 1. The Morgan fingerprint density at radius 2 is 1.86 bits per heavy atom. The van der Waals surface area contributed by atoms with E-state index < -0.39 is 17.2 Å². The van der Waals surface area contributed by atoms with Crippen molar-refractivity contribution in [3.05, 3.63) is 59.2 Å². The van der Waals surface area contributed by atoms with Crippen molar-refractivity contribution in [1.29, 1.82) is 0 Å². The van der Waals surface area contributed by atoms with Gasteiger partial charge < -0.3 is 14.9 Å². The van der Waals surface area contributed by atoms with E-state index in [0.29, 0.717) is 31.5 Å². The zero-order valence-corrected chi connectivity index (χ0v) is 16.2. The smallest absolute Gasteiger partial charge is 0.129 e. The Balaban J connectivity index is 0.00000225. The summed E-state index contributed by atoms with van der Waals surface area (Å²) < 4.78 is 32.9. The van der Waals surface area contributed by atoms with Gasteiger partial charge >= 0.3 is 0 Å². The van der Waals surface area contributed by atoms with Crippen LogP contribution in [0.25, 0.3) is 0 Å². The monoisotopic (exact) mass is 411 g/mol. The van der Waals surface area contributed by atoms with Crippen molar-refractivity contribution in [2.24, 2.45) is 0 Å². The van der Waals surface area contributed by atoms with Gasteiger partial charge in [-0.1, -0.05) is 6.07 Å². The highest BCUT2D eigenvalue weighted by atomic mass is 35.5. The van der Waals surface area contributed by atoms with E-state index in [1.165, 1.54) is 12.1 Å². The summed E-state index contributed by atoms with van der Waals surface area (Å²) in [5.74, 6) is -0.151. The molecule has 0 aromatic heterocycles. The van der Waals surface area contributed by atoms with Gasteiger partial charge in [-0.25, -0.2) is 8.78 Å². The lowest BCUT2D eigenvalue weighted by Crippen LogP contribution is -2.48. The molecule has 0 saturated carbocycles. The molecule has 0 aliphatic carbocycles. The maximum absolute atomic E-state index is 13.9. The van der Waals surface area contributed by atoms with Gasteiger partial charge in [0.05, 0.1) is 5.60 Å².